The molecule has 3 N–H and O–H groups in total. The van der Waals surface area contributed by atoms with Gasteiger partial charge in [0.2, 0.25) is 5.96 Å². The van der Waals surface area contributed by atoms with Gasteiger partial charge >= 0.3 is 18.3 Å². The Labute approximate surface area is 166 Å². The third-order valence-corrected chi connectivity index (χ3v) is 2.65. The summed E-state index contributed by atoms with van der Waals surface area (Å²) >= 11 is 0. The second-order valence-corrected chi connectivity index (χ2v) is 7.85. The number of carbonyl (C=O) groups is 3. The van der Waals surface area contributed by atoms with Crippen LogP contribution in [0.5, 0.6) is 0 Å². The number of hydrogen-bond acceptors (Lipinski definition) is 6. The zero-order valence-electron chi connectivity index (χ0n) is 17.9. The van der Waals surface area contributed by atoms with Crippen molar-refractivity contribution in [2.24, 2.45) is 4.99 Å². The molecule has 0 atom stereocenters. The standard InChI is InChI=1S/C18H34N4O6/c1-8-26-15(24)21-13(22-16(25)28-18(5,6)7)19-11-9-10-12-20-14(23)27-17(2,3)4/h8-12H2,1-7H3,(H,20,23)(H2,19,21,22,24,25). The van der Waals surface area contributed by atoms with Gasteiger partial charge in [-0.05, 0) is 61.3 Å². The smallest absolute Gasteiger partial charge is 0.436 e. The Balaban J connectivity index is 4.40. The number of nitrogens with zero attached hydrogens (tertiary/aromatic N) is 1. The van der Waals surface area contributed by atoms with E-state index in [-0.39, 0.29) is 12.6 Å². The molecule has 162 valence electrons. The zero-order valence-corrected chi connectivity index (χ0v) is 17.9. The van der Waals surface area contributed by atoms with Crippen molar-refractivity contribution in [3.8, 4) is 0 Å². The average molecular weight is 402 g/mol. The molecule has 0 aromatic carbocycles. The van der Waals surface area contributed by atoms with Crippen molar-refractivity contribution in [2.45, 2.75) is 72.5 Å². The minimum atomic E-state index is -0.826. The first-order chi connectivity index (χ1) is 12.8. The van der Waals surface area contributed by atoms with Gasteiger partial charge in [-0.15, -0.1) is 4.99 Å². The van der Waals surface area contributed by atoms with Gasteiger partial charge in [0, 0.05) is 13.1 Å². The molecule has 0 spiro atoms. The second-order valence-electron chi connectivity index (χ2n) is 7.85. The van der Waals surface area contributed by atoms with Crippen LogP contribution in [0.1, 0.15) is 61.3 Å². The third-order valence-electron chi connectivity index (χ3n) is 2.65. The first kappa shape index (κ1) is 25.5. The van der Waals surface area contributed by atoms with E-state index >= 15 is 0 Å². The van der Waals surface area contributed by atoms with Crippen LogP contribution in [0.15, 0.2) is 4.99 Å². The van der Waals surface area contributed by atoms with Gasteiger partial charge in [-0.3, -0.25) is 5.32 Å². The largest absolute Gasteiger partial charge is 0.448 e. The minimum Gasteiger partial charge on any atom is -0.448 e. The normalized spacial score (nSPS) is 12.0. The van der Waals surface area contributed by atoms with Crippen molar-refractivity contribution in [1.82, 2.24) is 16.0 Å². The molecule has 0 aliphatic heterocycles. The third kappa shape index (κ3) is 15.7. The van der Waals surface area contributed by atoms with E-state index in [1.807, 2.05) is 0 Å². The van der Waals surface area contributed by atoms with Gasteiger partial charge in [0.1, 0.15) is 11.2 Å². The summed E-state index contributed by atoms with van der Waals surface area (Å²) in [6.45, 7) is 13.2. The molecule has 0 saturated heterocycles. The number of rotatable bonds is 6. The van der Waals surface area contributed by atoms with Crippen molar-refractivity contribution < 1.29 is 28.6 Å². The maximum atomic E-state index is 11.9. The summed E-state index contributed by atoms with van der Waals surface area (Å²) in [5.74, 6) is -0.0622. The molecule has 0 aromatic rings. The first-order valence-electron chi connectivity index (χ1n) is 9.28. The highest BCUT2D eigenvalue weighted by atomic mass is 16.6. The van der Waals surface area contributed by atoms with E-state index in [0.29, 0.717) is 25.9 Å². The van der Waals surface area contributed by atoms with Crippen molar-refractivity contribution in [2.75, 3.05) is 19.7 Å². The Morgan fingerprint density at radius 3 is 1.82 bits per heavy atom. The SMILES string of the molecule is CCOC(=O)/N=C(\NCCCCNC(=O)OC(C)(C)C)NC(=O)OC(C)(C)C. The Morgan fingerprint density at radius 1 is 0.821 bits per heavy atom. The van der Waals surface area contributed by atoms with Crippen LogP contribution in [0.4, 0.5) is 14.4 Å². The van der Waals surface area contributed by atoms with Gasteiger partial charge in [0.25, 0.3) is 0 Å². The summed E-state index contributed by atoms with van der Waals surface area (Å²) in [6.07, 6.45) is -0.738. The number of amides is 3. The number of guanidine groups is 1. The number of ether oxygens (including phenoxy) is 3. The van der Waals surface area contributed by atoms with Crippen LogP contribution in [-0.4, -0.2) is 55.1 Å². The lowest BCUT2D eigenvalue weighted by Crippen LogP contribution is -2.44. The molecular weight excluding hydrogens is 368 g/mol. The van der Waals surface area contributed by atoms with Gasteiger partial charge in [-0.1, -0.05) is 0 Å². The van der Waals surface area contributed by atoms with Crippen molar-refractivity contribution in [3.05, 3.63) is 0 Å². The van der Waals surface area contributed by atoms with E-state index in [1.54, 1.807) is 48.5 Å². The van der Waals surface area contributed by atoms with Gasteiger partial charge in [0.15, 0.2) is 0 Å². The molecule has 10 nitrogen and oxygen atoms in total. The molecule has 3 amide bonds. The maximum absolute atomic E-state index is 11.9. The monoisotopic (exact) mass is 402 g/mol. The number of hydrogen-bond donors (Lipinski definition) is 3. The number of alkyl carbamates (subject to hydrolysis) is 2. The van der Waals surface area contributed by atoms with Gasteiger partial charge in [0.05, 0.1) is 6.61 Å². The summed E-state index contributed by atoms with van der Waals surface area (Å²) in [6, 6.07) is 0. The van der Waals surface area contributed by atoms with Crippen molar-refractivity contribution in [3.63, 3.8) is 0 Å². The minimum absolute atomic E-state index is 0.0622. The topological polar surface area (TPSA) is 127 Å². The van der Waals surface area contributed by atoms with Crippen LogP contribution in [0.25, 0.3) is 0 Å². The Kier molecular flexibility index (Phi) is 11.0. The van der Waals surface area contributed by atoms with E-state index in [9.17, 15) is 14.4 Å². The number of aliphatic imine (C=N–C) groups is 1. The summed E-state index contributed by atoms with van der Waals surface area (Å²) in [7, 11) is 0. The molecule has 0 aliphatic rings. The molecule has 0 rings (SSSR count). The molecule has 0 radical (unpaired) electrons. The highest BCUT2D eigenvalue weighted by Crippen LogP contribution is 2.07. The molecule has 0 unspecified atom stereocenters. The van der Waals surface area contributed by atoms with E-state index in [1.165, 1.54) is 0 Å². The summed E-state index contributed by atoms with van der Waals surface area (Å²) in [4.78, 5) is 38.6. The molecule has 10 heteroatoms. The fourth-order valence-electron chi connectivity index (χ4n) is 1.72. The van der Waals surface area contributed by atoms with E-state index in [0.717, 1.165) is 0 Å². The number of carbonyl (C=O) groups excluding carboxylic acids is 3. The average Bonchev–Trinajstić information content (AvgIpc) is 2.46. The van der Waals surface area contributed by atoms with E-state index < -0.39 is 29.5 Å². The lowest BCUT2D eigenvalue weighted by molar-refractivity contribution is 0.0522. The lowest BCUT2D eigenvalue weighted by Gasteiger charge is -2.20. The molecule has 0 saturated carbocycles. The molecule has 0 bridgehead atoms. The molecular formula is C18H34N4O6. The van der Waals surface area contributed by atoms with Crippen LogP contribution in [0, 0.1) is 0 Å². The van der Waals surface area contributed by atoms with Crippen molar-refractivity contribution in [1.29, 1.82) is 0 Å². The van der Waals surface area contributed by atoms with Gasteiger partial charge in [-0.2, -0.15) is 0 Å². The molecule has 0 heterocycles. The summed E-state index contributed by atoms with van der Waals surface area (Å²) < 4.78 is 15.0. The van der Waals surface area contributed by atoms with Gasteiger partial charge < -0.3 is 24.8 Å². The second kappa shape index (κ2) is 12.0. The predicted molar refractivity (Wildman–Crippen MR) is 105 cm³/mol. The Hall–Kier alpha value is -2.52. The fraction of sp³-hybridized carbons (Fsp3) is 0.778. The van der Waals surface area contributed by atoms with Crippen LogP contribution in [0.3, 0.4) is 0 Å². The summed E-state index contributed by atoms with van der Waals surface area (Å²) in [5, 5.41) is 7.88. The molecule has 28 heavy (non-hydrogen) atoms. The van der Waals surface area contributed by atoms with Crippen LogP contribution < -0.4 is 16.0 Å². The van der Waals surface area contributed by atoms with Crippen LogP contribution in [0.2, 0.25) is 0 Å². The van der Waals surface area contributed by atoms with E-state index in [4.69, 9.17) is 14.2 Å². The highest BCUT2D eigenvalue weighted by molar-refractivity contribution is 5.98. The van der Waals surface area contributed by atoms with E-state index in [2.05, 4.69) is 20.9 Å². The predicted octanol–water partition coefficient (Wildman–Crippen LogP) is 2.92. The quantitative estimate of drug-likeness (QED) is 0.270. The fourth-order valence-corrected chi connectivity index (χ4v) is 1.72. The molecule has 0 aromatic heterocycles. The van der Waals surface area contributed by atoms with Gasteiger partial charge in [-0.25, -0.2) is 14.4 Å². The Morgan fingerprint density at radius 2 is 1.32 bits per heavy atom. The first-order valence-corrected chi connectivity index (χ1v) is 9.28. The Bertz CT molecular complexity index is 549. The maximum Gasteiger partial charge on any atom is 0.436 e. The van der Waals surface area contributed by atoms with Crippen LogP contribution >= 0.6 is 0 Å². The lowest BCUT2D eigenvalue weighted by atomic mass is 10.2. The zero-order chi connectivity index (χ0) is 21.8. The van der Waals surface area contributed by atoms with Crippen molar-refractivity contribution >= 4 is 24.2 Å². The number of nitrogens with one attached hydrogen (secondary N) is 3. The number of unbranched alkanes of at least 4 members (excludes halogenated alkanes) is 1. The molecule has 0 fully saturated rings. The molecule has 0 aliphatic carbocycles. The highest BCUT2D eigenvalue weighted by Gasteiger charge is 2.18. The van der Waals surface area contributed by atoms with Crippen LogP contribution in [-0.2, 0) is 14.2 Å². The summed E-state index contributed by atoms with van der Waals surface area (Å²) in [5.41, 5.74) is -1.23.